The monoisotopic (exact) mass is 1860 g/mol. The summed E-state index contributed by atoms with van der Waals surface area (Å²) in [4.78, 5) is 6.93. The first-order chi connectivity index (χ1) is 57.4. The van der Waals surface area contributed by atoms with Crippen molar-refractivity contribution in [2.75, 3.05) is 14.7 Å². The molecule has 0 fully saturated rings. The van der Waals surface area contributed by atoms with Gasteiger partial charge in [-0.25, -0.2) is 0 Å². The number of hydrogen-bond donors (Lipinski definition) is 0. The molecule has 0 N–H and O–H groups in total. The topological polar surface area (TPSA) is 9.72 Å². The molecule has 0 aromatic heterocycles. The van der Waals surface area contributed by atoms with E-state index in [1.165, 1.54) is 131 Å². The molecule has 0 spiro atoms. The molecule has 0 aliphatic rings. The number of nitrogens with zero attached hydrogens (tertiary/aromatic N) is 3. The first-order valence-corrected chi connectivity index (χ1v) is 41.5. The third kappa shape index (κ3) is 14.6. The Balaban J connectivity index is 0.000000151. The molecule has 0 saturated heterocycles. The van der Waals surface area contributed by atoms with Crippen molar-refractivity contribution in [2.45, 2.75) is 0 Å². The number of hydrogen-bond acceptors (Lipinski definition) is 3. The summed E-state index contributed by atoms with van der Waals surface area (Å²) in [5.74, 6) is 0. The normalized spacial score (nSPS) is 11.1. The van der Waals surface area contributed by atoms with Gasteiger partial charge in [-0.2, -0.15) is 0 Å². The zero-order valence-electron chi connectivity index (χ0n) is 63.6. The molecule has 0 saturated carbocycles. The van der Waals surface area contributed by atoms with Crippen LogP contribution in [-0.2, 0) is 21.1 Å². The predicted octanol–water partition coefficient (Wildman–Crippen LogP) is 33.6. The van der Waals surface area contributed by atoms with Crippen LogP contribution in [0.3, 0.4) is 0 Å². The molecule has 0 aliphatic heterocycles. The molecule has 0 heterocycles. The second-order valence-corrected chi connectivity index (χ2v) is 31.3. The Morgan fingerprint density at radius 2 is 0.299 bits per heavy atom. The van der Waals surface area contributed by atoms with Crippen LogP contribution in [0.4, 0.5) is 51.2 Å². The minimum absolute atomic E-state index is 0. The molecule has 0 aliphatic carbocycles. The van der Waals surface area contributed by atoms with Gasteiger partial charge in [-0.3, -0.25) is 0 Å². The fourth-order valence-electron chi connectivity index (χ4n) is 17.1. The Hall–Kier alpha value is -12.8. The Morgan fingerprint density at radius 1 is 0.137 bits per heavy atom. The van der Waals surface area contributed by atoms with Crippen LogP contribution in [-0.4, -0.2) is 0 Å². The summed E-state index contributed by atoms with van der Waals surface area (Å²) < 4.78 is 3.39. The summed E-state index contributed by atoms with van der Waals surface area (Å²) in [5, 5.41) is 19.8. The molecule has 21 rings (SSSR count). The summed E-state index contributed by atoms with van der Waals surface area (Å²) in [5.41, 5.74) is 20.0. The third-order valence-electron chi connectivity index (χ3n) is 22.0. The molecule has 0 unspecified atom stereocenters. The zero-order chi connectivity index (χ0) is 77.8. The average molecular weight is 1860 g/mol. The van der Waals surface area contributed by atoms with E-state index in [4.69, 9.17) is 0 Å². The summed E-state index contributed by atoms with van der Waals surface area (Å²) in [6, 6.07) is 161. The van der Waals surface area contributed by atoms with Crippen molar-refractivity contribution in [3.8, 4) is 44.5 Å². The minimum Gasteiger partial charge on any atom is -0.310 e. The summed E-state index contributed by atoms with van der Waals surface area (Å²) >= 11 is 11.3. The molecule has 0 radical (unpaired) electrons. The first kappa shape index (κ1) is 75.6. The molecule has 556 valence electrons. The van der Waals surface area contributed by atoms with Crippen LogP contribution in [0.15, 0.2) is 462 Å². The van der Waals surface area contributed by atoms with Gasteiger partial charge in [0, 0.05) is 85.7 Å². The molecule has 7 heteroatoms. The van der Waals surface area contributed by atoms with E-state index in [1.54, 1.807) is 0 Å². The van der Waals surface area contributed by atoms with Crippen LogP contribution >= 0.6 is 47.8 Å². The fraction of sp³-hybridized carbons (Fsp3) is 0. The molecule has 117 heavy (non-hydrogen) atoms. The maximum atomic E-state index is 3.89. The number of benzene rings is 21. The van der Waals surface area contributed by atoms with E-state index >= 15 is 0 Å². The number of rotatable bonds is 13. The van der Waals surface area contributed by atoms with Crippen molar-refractivity contribution in [1.29, 1.82) is 0 Å². The smallest absolute Gasteiger partial charge is 0.0472 e. The Kier molecular flexibility index (Phi) is 21.9. The second kappa shape index (κ2) is 34.0. The molecular weight excluding hydrogens is 1790 g/mol. The van der Waals surface area contributed by atoms with E-state index in [0.717, 1.165) is 64.6 Å². The van der Waals surface area contributed by atoms with Crippen molar-refractivity contribution in [1.82, 2.24) is 0 Å². The van der Waals surface area contributed by atoms with Crippen LogP contribution in [0.1, 0.15) is 0 Å². The Morgan fingerprint density at radius 3 is 0.513 bits per heavy atom. The van der Waals surface area contributed by atoms with Gasteiger partial charge in [0.25, 0.3) is 0 Å². The average Bonchev–Trinajstić information content (AvgIpc) is 0.715. The Labute approximate surface area is 721 Å². The maximum absolute atomic E-state index is 3.89. The second-order valence-electron chi connectivity index (χ2n) is 28.8. The van der Waals surface area contributed by atoms with Crippen molar-refractivity contribution in [2.24, 2.45) is 0 Å². The third-order valence-corrected chi connectivity index (χ3v) is 24.2. The van der Waals surface area contributed by atoms with E-state index in [1.807, 2.05) is 18.2 Å². The first-order valence-electron chi connectivity index (χ1n) is 39.1. The van der Waals surface area contributed by atoms with E-state index < -0.39 is 0 Å². The van der Waals surface area contributed by atoms with Gasteiger partial charge in [-0.05, 0) is 278 Å². The van der Waals surface area contributed by atoms with Crippen molar-refractivity contribution >= 4 is 185 Å². The maximum Gasteiger partial charge on any atom is 0.0472 e. The van der Waals surface area contributed by atoms with Gasteiger partial charge >= 0.3 is 0 Å². The molecule has 0 atom stereocenters. The number of fused-ring (bicyclic) bond motifs is 8. The summed E-state index contributed by atoms with van der Waals surface area (Å²) in [6.45, 7) is 0. The summed E-state index contributed by atoms with van der Waals surface area (Å²) in [7, 11) is 0. The van der Waals surface area contributed by atoms with E-state index in [-0.39, 0.29) is 21.1 Å². The van der Waals surface area contributed by atoms with Crippen LogP contribution < -0.4 is 14.7 Å². The van der Waals surface area contributed by atoms with Gasteiger partial charge in [0.15, 0.2) is 0 Å². The molecule has 21 aromatic rings. The number of anilines is 9. The van der Waals surface area contributed by atoms with E-state index in [2.05, 4.69) is 493 Å². The number of para-hydroxylation sites is 6. The quantitative estimate of drug-likeness (QED) is 0.107. The molecular formula is C110H74Br3N3W. The molecule has 0 bridgehead atoms. The fourth-order valence-corrected chi connectivity index (χ4v) is 18.9. The standard InChI is InChI=1S/C64H44N2.C28H16Br2.C18H14BrN.W/c1-5-25-47(26-6-1)65(48-27-7-2-8-28-48)51-33-21-23-45(43-51)61-53-35-13-17-39-57(53)63(58-40-18-14-36-54(58)61)64-59-41-19-15-37-55(59)62(56-38-16-20-42-60(56)64)46-24-22-34-52(44-46)66(49-29-9-3-10-30-49)50-31-11-4-12-32-50;29-27-21-13-5-1-9-17(21)25(18-10-2-6-14-22(18)27)26-19-11-3-7-15-23(19)28(30)24-16-8-4-12-20(24)26;19-15-8-7-13-18(14-15)20(16-9-3-1-4-10-16)17-11-5-2-6-12-17;/h1-44H;1-16H;1-14H;. The molecule has 21 aromatic carbocycles. The predicted molar refractivity (Wildman–Crippen MR) is 508 cm³/mol. The van der Waals surface area contributed by atoms with Gasteiger partial charge in [0.05, 0.1) is 0 Å². The number of halogens is 3. The van der Waals surface area contributed by atoms with Crippen LogP contribution in [0.25, 0.3) is 131 Å². The van der Waals surface area contributed by atoms with Gasteiger partial charge in [-0.15, -0.1) is 0 Å². The van der Waals surface area contributed by atoms with Gasteiger partial charge in [0.2, 0.25) is 0 Å². The van der Waals surface area contributed by atoms with Crippen LogP contribution in [0.2, 0.25) is 0 Å². The van der Waals surface area contributed by atoms with E-state index in [9.17, 15) is 0 Å². The van der Waals surface area contributed by atoms with Gasteiger partial charge in [-0.1, -0.05) is 350 Å². The van der Waals surface area contributed by atoms with Crippen molar-refractivity contribution in [3.05, 3.63) is 462 Å². The largest absolute Gasteiger partial charge is 0.310 e. The van der Waals surface area contributed by atoms with Crippen molar-refractivity contribution in [3.63, 3.8) is 0 Å². The van der Waals surface area contributed by atoms with Gasteiger partial charge in [0.1, 0.15) is 0 Å². The molecule has 0 amide bonds. The van der Waals surface area contributed by atoms with Gasteiger partial charge < -0.3 is 14.7 Å². The Bertz CT molecular complexity index is 6480. The van der Waals surface area contributed by atoms with Crippen molar-refractivity contribution < 1.29 is 21.1 Å². The molecule has 3 nitrogen and oxygen atoms in total. The zero-order valence-corrected chi connectivity index (χ0v) is 71.3. The summed E-state index contributed by atoms with van der Waals surface area (Å²) in [6.07, 6.45) is 0. The van der Waals surface area contributed by atoms with E-state index in [0.29, 0.717) is 0 Å². The van der Waals surface area contributed by atoms with Crippen LogP contribution in [0, 0.1) is 0 Å². The SMILES string of the molecule is Brc1c2ccccc2c(-c2c3ccccc3c(Br)c3ccccc23)c2ccccc12.Brc1cccc(N(c2ccccc2)c2ccccc2)c1.[W].c1ccc(N(c2ccccc2)c2cccc(-c3c4ccccc4c(-c4c5ccccc5c(-c5cccc(N(c6ccccc6)c6ccccc6)c5)c5ccccc45)c4ccccc34)c2)cc1. The van der Waals surface area contributed by atoms with Crippen LogP contribution in [0.5, 0.6) is 0 Å². The minimum atomic E-state index is 0.